The molecule has 0 atom stereocenters. The summed E-state index contributed by atoms with van der Waals surface area (Å²) in [7, 11) is 1.83. The molecule has 0 aliphatic heterocycles. The van der Waals surface area contributed by atoms with E-state index in [-0.39, 0.29) is 5.56 Å². The molecule has 0 unspecified atom stereocenters. The summed E-state index contributed by atoms with van der Waals surface area (Å²) in [5.41, 5.74) is 2.64. The van der Waals surface area contributed by atoms with E-state index >= 15 is 0 Å². The zero-order valence-corrected chi connectivity index (χ0v) is 13.4. The number of imidazole rings is 2. The van der Waals surface area contributed by atoms with Crippen LogP contribution in [0.2, 0.25) is 5.15 Å². The lowest BCUT2D eigenvalue weighted by molar-refractivity contribution is 0.815. The Morgan fingerprint density at radius 2 is 1.96 bits per heavy atom. The van der Waals surface area contributed by atoms with Crippen LogP contribution in [0, 0.1) is 6.92 Å². The number of nitrogens with zero attached hydrogens (tertiary/aromatic N) is 5. The number of aromatic nitrogens is 5. The number of hydrogen-bond donors (Lipinski definition) is 0. The van der Waals surface area contributed by atoms with Gasteiger partial charge in [0, 0.05) is 13.6 Å². The van der Waals surface area contributed by atoms with E-state index in [1.165, 1.54) is 4.40 Å². The lowest BCUT2D eigenvalue weighted by Crippen LogP contribution is -2.20. The summed E-state index contributed by atoms with van der Waals surface area (Å²) in [5, 5.41) is 0.343. The van der Waals surface area contributed by atoms with E-state index in [4.69, 9.17) is 11.6 Å². The molecule has 0 radical (unpaired) electrons. The van der Waals surface area contributed by atoms with Gasteiger partial charge < -0.3 is 4.57 Å². The van der Waals surface area contributed by atoms with E-state index < -0.39 is 0 Å². The van der Waals surface area contributed by atoms with Crippen LogP contribution in [0.25, 0.3) is 16.9 Å². The Morgan fingerprint density at radius 3 is 2.70 bits per heavy atom. The van der Waals surface area contributed by atoms with E-state index in [9.17, 15) is 4.79 Å². The summed E-state index contributed by atoms with van der Waals surface area (Å²) in [5.74, 6) is 0.495. The van der Waals surface area contributed by atoms with Crippen molar-refractivity contribution in [2.45, 2.75) is 13.5 Å². The fourth-order valence-electron chi connectivity index (χ4n) is 2.84. The van der Waals surface area contributed by atoms with Crippen LogP contribution in [0.4, 0.5) is 0 Å². The lowest BCUT2D eigenvalue weighted by atomic mass is 10.2. The second kappa shape index (κ2) is 4.96. The largest absolute Gasteiger partial charge is 0.320 e. The van der Waals surface area contributed by atoms with Crippen LogP contribution in [0.1, 0.15) is 11.3 Å². The van der Waals surface area contributed by atoms with Gasteiger partial charge >= 0.3 is 0 Å². The summed E-state index contributed by atoms with van der Waals surface area (Å²) < 4.78 is 5.07. The molecular formula is C16H14ClN5O. The third-order valence-electron chi connectivity index (χ3n) is 4.00. The van der Waals surface area contributed by atoms with Gasteiger partial charge in [0.15, 0.2) is 11.2 Å². The zero-order chi connectivity index (χ0) is 16.1. The third kappa shape index (κ3) is 1.98. The Hall–Kier alpha value is -2.60. The average Bonchev–Trinajstić information content (AvgIpc) is 3.09. The number of hydrogen-bond acceptors (Lipinski definition) is 3. The Morgan fingerprint density at radius 1 is 1.22 bits per heavy atom. The average molecular weight is 328 g/mol. The van der Waals surface area contributed by atoms with Gasteiger partial charge in [-0.05, 0) is 12.5 Å². The molecule has 0 N–H and O–H groups in total. The number of benzene rings is 1. The van der Waals surface area contributed by atoms with Gasteiger partial charge in [0.05, 0.1) is 12.0 Å². The SMILES string of the molecule is Cc1nc2n(C)c3ncn(Cc4ccccc4)c3c(=O)n2c1Cl. The topological polar surface area (TPSA) is 57.1 Å². The molecule has 4 rings (SSSR count). The maximum absolute atomic E-state index is 12.9. The predicted molar refractivity (Wildman–Crippen MR) is 89.0 cm³/mol. The second-order valence-corrected chi connectivity index (χ2v) is 5.88. The van der Waals surface area contributed by atoms with E-state index in [0.717, 1.165) is 5.56 Å². The highest BCUT2D eigenvalue weighted by atomic mass is 35.5. The van der Waals surface area contributed by atoms with Crippen molar-refractivity contribution in [3.05, 3.63) is 63.4 Å². The molecule has 0 aliphatic rings. The van der Waals surface area contributed by atoms with Gasteiger partial charge in [0.2, 0.25) is 5.78 Å². The predicted octanol–water partition coefficient (Wildman–Crippen LogP) is 2.39. The lowest BCUT2D eigenvalue weighted by Gasteiger charge is -2.07. The molecule has 6 nitrogen and oxygen atoms in total. The molecule has 0 amide bonds. The van der Waals surface area contributed by atoms with Gasteiger partial charge in [-0.1, -0.05) is 41.9 Å². The molecule has 0 saturated heterocycles. The van der Waals surface area contributed by atoms with Gasteiger partial charge in [0.25, 0.3) is 5.56 Å². The minimum atomic E-state index is -0.202. The van der Waals surface area contributed by atoms with Crippen molar-refractivity contribution >= 4 is 28.5 Å². The van der Waals surface area contributed by atoms with Crippen molar-refractivity contribution in [3.8, 4) is 0 Å². The maximum atomic E-state index is 12.9. The molecule has 23 heavy (non-hydrogen) atoms. The van der Waals surface area contributed by atoms with E-state index in [1.54, 1.807) is 17.8 Å². The molecule has 3 aromatic heterocycles. The monoisotopic (exact) mass is 327 g/mol. The van der Waals surface area contributed by atoms with Crippen LogP contribution in [0.15, 0.2) is 41.5 Å². The summed E-state index contributed by atoms with van der Waals surface area (Å²) in [6.07, 6.45) is 1.68. The normalized spacial score (nSPS) is 11.6. The standard InChI is InChI=1S/C16H14ClN5O/c1-10-13(17)22-15(23)12-14(20(2)16(22)19-10)18-9-21(12)8-11-6-4-3-5-7-11/h3-7,9H,8H2,1-2H3. The molecule has 4 aromatic rings. The molecule has 0 spiro atoms. The van der Waals surface area contributed by atoms with Gasteiger partial charge in [0.1, 0.15) is 5.15 Å². The van der Waals surface area contributed by atoms with Crippen LogP contribution < -0.4 is 5.56 Å². The summed E-state index contributed by atoms with van der Waals surface area (Å²) in [6.45, 7) is 2.36. The molecule has 3 heterocycles. The Labute approximate surface area is 136 Å². The Balaban J connectivity index is 2.03. The first kappa shape index (κ1) is 14.0. The minimum absolute atomic E-state index is 0.202. The molecule has 0 saturated carbocycles. The van der Waals surface area contributed by atoms with Crippen LogP contribution in [0.5, 0.6) is 0 Å². The number of halogens is 1. The van der Waals surface area contributed by atoms with Crippen LogP contribution in [-0.2, 0) is 13.6 Å². The fourth-order valence-corrected chi connectivity index (χ4v) is 3.03. The summed E-state index contributed by atoms with van der Waals surface area (Å²) >= 11 is 6.26. The minimum Gasteiger partial charge on any atom is -0.320 e. The Kier molecular flexibility index (Phi) is 3.02. The van der Waals surface area contributed by atoms with Crippen molar-refractivity contribution in [2.24, 2.45) is 7.05 Å². The van der Waals surface area contributed by atoms with E-state index in [1.807, 2.05) is 41.9 Å². The van der Waals surface area contributed by atoms with Crippen LogP contribution in [0.3, 0.4) is 0 Å². The van der Waals surface area contributed by atoms with Crippen molar-refractivity contribution in [1.82, 2.24) is 23.5 Å². The Bertz CT molecular complexity index is 1090. The second-order valence-electron chi connectivity index (χ2n) is 5.52. The van der Waals surface area contributed by atoms with Crippen molar-refractivity contribution in [3.63, 3.8) is 0 Å². The third-order valence-corrected chi connectivity index (χ3v) is 4.44. The molecule has 1 aromatic carbocycles. The van der Waals surface area contributed by atoms with Crippen molar-refractivity contribution in [1.29, 1.82) is 0 Å². The van der Waals surface area contributed by atoms with Crippen molar-refractivity contribution < 1.29 is 0 Å². The van der Waals surface area contributed by atoms with Gasteiger partial charge in [-0.25, -0.2) is 14.4 Å². The molecule has 7 heteroatoms. The van der Waals surface area contributed by atoms with Gasteiger partial charge in [-0.3, -0.25) is 9.36 Å². The zero-order valence-electron chi connectivity index (χ0n) is 12.7. The van der Waals surface area contributed by atoms with Crippen LogP contribution in [-0.4, -0.2) is 23.5 Å². The van der Waals surface area contributed by atoms with Crippen molar-refractivity contribution in [2.75, 3.05) is 0 Å². The summed E-state index contributed by atoms with van der Waals surface area (Å²) in [4.78, 5) is 21.7. The first-order valence-corrected chi connectivity index (χ1v) is 7.58. The number of rotatable bonds is 2. The highest BCUT2D eigenvalue weighted by Gasteiger charge is 2.18. The number of fused-ring (bicyclic) bond motifs is 2. The van der Waals surface area contributed by atoms with Gasteiger partial charge in [-0.2, -0.15) is 0 Å². The molecule has 0 fully saturated rings. The first-order chi connectivity index (χ1) is 11.1. The van der Waals surface area contributed by atoms with Gasteiger partial charge in [-0.15, -0.1) is 0 Å². The molecule has 0 aliphatic carbocycles. The first-order valence-electron chi connectivity index (χ1n) is 7.20. The molecule has 0 bridgehead atoms. The molecule has 116 valence electrons. The quantitative estimate of drug-likeness (QED) is 0.568. The molecular weight excluding hydrogens is 314 g/mol. The van der Waals surface area contributed by atoms with Crippen LogP contribution >= 0.6 is 11.6 Å². The van der Waals surface area contributed by atoms with E-state index in [0.29, 0.717) is 34.3 Å². The maximum Gasteiger partial charge on any atom is 0.286 e. The highest BCUT2D eigenvalue weighted by molar-refractivity contribution is 6.30. The smallest absolute Gasteiger partial charge is 0.286 e. The summed E-state index contributed by atoms with van der Waals surface area (Å²) in [6, 6.07) is 9.94. The number of aryl methyl sites for hydroxylation is 2. The highest BCUT2D eigenvalue weighted by Crippen LogP contribution is 2.19. The van der Waals surface area contributed by atoms with E-state index in [2.05, 4.69) is 9.97 Å². The fraction of sp³-hybridized carbons (Fsp3) is 0.188.